The lowest BCUT2D eigenvalue weighted by Gasteiger charge is -2.07. The van der Waals surface area contributed by atoms with Crippen molar-refractivity contribution in [1.29, 1.82) is 5.26 Å². The van der Waals surface area contributed by atoms with Gasteiger partial charge in [0.05, 0.1) is 11.6 Å². The number of hydrogen-bond acceptors (Lipinski definition) is 3. The summed E-state index contributed by atoms with van der Waals surface area (Å²) in [5.74, 6) is 0.858. The minimum absolute atomic E-state index is 0.698. The quantitative estimate of drug-likeness (QED) is 0.873. The van der Waals surface area contributed by atoms with Gasteiger partial charge in [-0.15, -0.1) is 0 Å². The van der Waals surface area contributed by atoms with Crippen molar-refractivity contribution in [3.8, 4) is 6.07 Å². The molecule has 1 aromatic heterocycles. The molecule has 1 aromatic carbocycles. The molecule has 0 atom stereocenters. The Balaban J connectivity index is 2.07. The normalized spacial score (nSPS) is 9.94. The van der Waals surface area contributed by atoms with Crippen molar-refractivity contribution in [2.45, 2.75) is 13.5 Å². The van der Waals surface area contributed by atoms with Gasteiger partial charge in [-0.25, -0.2) is 0 Å². The first kappa shape index (κ1) is 11.2. The van der Waals surface area contributed by atoms with Gasteiger partial charge in [0, 0.05) is 25.9 Å². The summed E-state index contributed by atoms with van der Waals surface area (Å²) in [6.07, 6.45) is 1.90. The molecule has 0 fully saturated rings. The van der Waals surface area contributed by atoms with E-state index in [1.807, 2.05) is 44.4 Å². The summed E-state index contributed by atoms with van der Waals surface area (Å²) in [7, 11) is 1.89. The molecule has 0 unspecified atom stereocenters. The van der Waals surface area contributed by atoms with Crippen LogP contribution in [0.3, 0.4) is 0 Å². The summed E-state index contributed by atoms with van der Waals surface area (Å²) in [6.45, 7) is 2.73. The number of aryl methyl sites for hydroxylation is 2. The van der Waals surface area contributed by atoms with Gasteiger partial charge in [-0.3, -0.25) is 4.68 Å². The molecule has 0 saturated carbocycles. The number of nitrogens with zero attached hydrogens (tertiary/aromatic N) is 3. The van der Waals surface area contributed by atoms with Crippen molar-refractivity contribution in [3.05, 3.63) is 47.2 Å². The van der Waals surface area contributed by atoms with Crippen LogP contribution in [-0.4, -0.2) is 9.78 Å². The van der Waals surface area contributed by atoms with Gasteiger partial charge in [-0.2, -0.15) is 10.4 Å². The lowest BCUT2D eigenvalue weighted by Crippen LogP contribution is -2.02. The van der Waals surface area contributed by atoms with Crippen LogP contribution in [0.2, 0.25) is 0 Å². The van der Waals surface area contributed by atoms with Crippen LogP contribution >= 0.6 is 0 Å². The van der Waals surface area contributed by atoms with Crippen LogP contribution in [0, 0.1) is 18.3 Å². The van der Waals surface area contributed by atoms with Crippen molar-refractivity contribution in [2.75, 3.05) is 5.32 Å². The van der Waals surface area contributed by atoms with E-state index in [9.17, 15) is 0 Å². The first-order valence-corrected chi connectivity index (χ1v) is 5.42. The predicted molar refractivity (Wildman–Crippen MR) is 66.4 cm³/mol. The highest BCUT2D eigenvalue weighted by Gasteiger charge is 2.01. The summed E-state index contributed by atoms with van der Waals surface area (Å²) in [5, 5.41) is 16.3. The van der Waals surface area contributed by atoms with Crippen molar-refractivity contribution >= 4 is 5.82 Å². The Bertz CT molecular complexity index is 563. The topological polar surface area (TPSA) is 53.6 Å². The smallest absolute Gasteiger partial charge is 0.148 e. The minimum Gasteiger partial charge on any atom is -0.365 e. The van der Waals surface area contributed by atoms with Crippen LogP contribution in [-0.2, 0) is 13.6 Å². The molecule has 1 N–H and O–H groups in total. The van der Waals surface area contributed by atoms with Gasteiger partial charge in [0.1, 0.15) is 5.82 Å². The molecule has 0 bridgehead atoms. The summed E-state index contributed by atoms with van der Waals surface area (Å²) < 4.78 is 1.76. The summed E-state index contributed by atoms with van der Waals surface area (Å²) >= 11 is 0. The van der Waals surface area contributed by atoms with E-state index in [0.29, 0.717) is 12.1 Å². The minimum atomic E-state index is 0.698. The first-order chi connectivity index (χ1) is 8.19. The lowest BCUT2D eigenvalue weighted by molar-refractivity contribution is 0.768. The van der Waals surface area contributed by atoms with E-state index >= 15 is 0 Å². The third kappa shape index (κ3) is 2.64. The second-order valence-electron chi connectivity index (χ2n) is 3.98. The number of benzene rings is 1. The van der Waals surface area contributed by atoms with E-state index in [1.165, 1.54) is 5.56 Å². The molecule has 0 radical (unpaired) electrons. The standard InChI is InChI=1S/C13H14N4/c1-10-7-11(8-14)3-4-12(10)9-15-13-5-6-17(2)16-13/h3-7H,9H2,1-2H3,(H,15,16). The van der Waals surface area contributed by atoms with Crippen LogP contribution in [0.15, 0.2) is 30.5 Å². The molecule has 0 saturated heterocycles. The predicted octanol–water partition coefficient (Wildman–Crippen LogP) is 2.21. The maximum atomic E-state index is 8.79. The van der Waals surface area contributed by atoms with Crippen molar-refractivity contribution in [2.24, 2.45) is 7.05 Å². The number of aromatic nitrogens is 2. The zero-order chi connectivity index (χ0) is 12.3. The Kier molecular flexibility index (Phi) is 3.10. The Morgan fingerprint density at radius 2 is 2.24 bits per heavy atom. The third-order valence-electron chi connectivity index (χ3n) is 2.65. The second kappa shape index (κ2) is 4.71. The molecule has 1 heterocycles. The fourth-order valence-electron chi connectivity index (χ4n) is 1.66. The highest BCUT2D eigenvalue weighted by atomic mass is 15.3. The van der Waals surface area contributed by atoms with Crippen LogP contribution in [0.5, 0.6) is 0 Å². The molecule has 0 aliphatic rings. The van der Waals surface area contributed by atoms with E-state index in [0.717, 1.165) is 11.4 Å². The molecule has 0 aliphatic carbocycles. The summed E-state index contributed by atoms with van der Waals surface area (Å²) in [6, 6.07) is 9.78. The second-order valence-corrected chi connectivity index (χ2v) is 3.98. The molecule has 0 spiro atoms. The van der Waals surface area contributed by atoms with Crippen molar-refractivity contribution < 1.29 is 0 Å². The Morgan fingerprint density at radius 1 is 1.41 bits per heavy atom. The average molecular weight is 226 g/mol. The van der Waals surface area contributed by atoms with Crippen LogP contribution in [0.1, 0.15) is 16.7 Å². The van der Waals surface area contributed by atoms with Crippen LogP contribution < -0.4 is 5.32 Å². The number of rotatable bonds is 3. The molecule has 2 rings (SSSR count). The lowest BCUT2D eigenvalue weighted by atomic mass is 10.1. The Morgan fingerprint density at radius 3 is 2.82 bits per heavy atom. The van der Waals surface area contributed by atoms with Crippen molar-refractivity contribution in [1.82, 2.24) is 9.78 Å². The molecular weight excluding hydrogens is 212 g/mol. The molecular formula is C13H14N4. The van der Waals surface area contributed by atoms with E-state index in [2.05, 4.69) is 16.5 Å². The van der Waals surface area contributed by atoms with Crippen LogP contribution in [0.4, 0.5) is 5.82 Å². The molecule has 0 amide bonds. The van der Waals surface area contributed by atoms with Gasteiger partial charge in [0.2, 0.25) is 0 Å². The van der Waals surface area contributed by atoms with Gasteiger partial charge in [-0.1, -0.05) is 6.07 Å². The maximum Gasteiger partial charge on any atom is 0.148 e. The van der Waals surface area contributed by atoms with Gasteiger partial charge in [0.25, 0.3) is 0 Å². The molecule has 4 heteroatoms. The number of anilines is 1. The highest BCUT2D eigenvalue weighted by molar-refractivity contribution is 5.40. The van der Waals surface area contributed by atoms with E-state index in [-0.39, 0.29) is 0 Å². The molecule has 0 aliphatic heterocycles. The first-order valence-electron chi connectivity index (χ1n) is 5.42. The fraction of sp³-hybridized carbons (Fsp3) is 0.231. The Labute approximate surface area is 100 Å². The largest absolute Gasteiger partial charge is 0.365 e. The van der Waals surface area contributed by atoms with Crippen LogP contribution in [0.25, 0.3) is 0 Å². The molecule has 86 valence electrons. The van der Waals surface area contributed by atoms with Crippen molar-refractivity contribution in [3.63, 3.8) is 0 Å². The number of nitriles is 1. The molecule has 4 nitrogen and oxygen atoms in total. The Hall–Kier alpha value is -2.28. The molecule has 2 aromatic rings. The number of hydrogen-bond donors (Lipinski definition) is 1. The summed E-state index contributed by atoms with van der Waals surface area (Å²) in [4.78, 5) is 0. The van der Waals surface area contributed by atoms with E-state index < -0.39 is 0 Å². The highest BCUT2D eigenvalue weighted by Crippen LogP contribution is 2.12. The average Bonchev–Trinajstić information content (AvgIpc) is 2.73. The van der Waals surface area contributed by atoms with E-state index in [1.54, 1.807) is 4.68 Å². The zero-order valence-corrected chi connectivity index (χ0v) is 9.94. The monoisotopic (exact) mass is 226 g/mol. The fourth-order valence-corrected chi connectivity index (χ4v) is 1.66. The van der Waals surface area contributed by atoms with Gasteiger partial charge < -0.3 is 5.32 Å². The van der Waals surface area contributed by atoms with Gasteiger partial charge in [0.15, 0.2) is 0 Å². The van der Waals surface area contributed by atoms with Gasteiger partial charge >= 0.3 is 0 Å². The van der Waals surface area contributed by atoms with Gasteiger partial charge in [-0.05, 0) is 30.2 Å². The summed E-state index contributed by atoms with van der Waals surface area (Å²) in [5.41, 5.74) is 2.99. The molecule has 17 heavy (non-hydrogen) atoms. The zero-order valence-electron chi connectivity index (χ0n) is 9.94. The van der Waals surface area contributed by atoms with E-state index in [4.69, 9.17) is 5.26 Å². The number of nitrogens with one attached hydrogen (secondary N) is 1. The third-order valence-corrected chi connectivity index (χ3v) is 2.65. The maximum absolute atomic E-state index is 8.79. The SMILES string of the molecule is Cc1cc(C#N)ccc1CNc1ccn(C)n1.